The van der Waals surface area contributed by atoms with Gasteiger partial charge in [0.2, 0.25) is 5.91 Å². The Kier molecular flexibility index (Phi) is 9.71. The number of amides is 1. The molecule has 0 bridgehead atoms. The molecule has 0 heterocycles. The molecule has 0 aromatic rings. The predicted molar refractivity (Wildman–Crippen MR) is 84.9 cm³/mol. The number of nitrogens with zero attached hydrogens (tertiary/aromatic N) is 2. The summed E-state index contributed by atoms with van der Waals surface area (Å²) in [6, 6.07) is 0. The highest BCUT2D eigenvalue weighted by molar-refractivity contribution is 5.79. The number of hydrogen-bond acceptors (Lipinski definition) is 4. The summed E-state index contributed by atoms with van der Waals surface area (Å²) in [6.07, 6.45) is 5.61. The van der Waals surface area contributed by atoms with E-state index in [4.69, 9.17) is 4.74 Å². The maximum atomic E-state index is 12.1. The molecule has 0 aromatic heterocycles. The molecule has 2 atom stereocenters. The van der Waals surface area contributed by atoms with Crippen LogP contribution >= 0.6 is 0 Å². The molecule has 5 heteroatoms. The quantitative estimate of drug-likeness (QED) is 0.573. The molecule has 0 fully saturated rings. The summed E-state index contributed by atoms with van der Waals surface area (Å²) in [5.41, 5.74) is 0. The predicted octanol–water partition coefficient (Wildman–Crippen LogP) is 1.79. The SMILES string of the molecule is CC.CN(C)CC(=O)OCC1CC=CCC1C(=O)N(C)C. The van der Waals surface area contributed by atoms with Gasteiger partial charge >= 0.3 is 5.97 Å². The van der Waals surface area contributed by atoms with Crippen LogP contribution in [0.15, 0.2) is 12.2 Å². The zero-order valence-corrected chi connectivity index (χ0v) is 14.3. The standard InChI is InChI=1S/C14H24N2O3.C2H6/c1-15(2)9-13(17)19-10-11-7-5-6-8-12(11)14(18)16(3)4;1-2/h5-6,11-12H,7-10H2,1-4H3;1-2H3. The van der Waals surface area contributed by atoms with Crippen LogP contribution in [0.1, 0.15) is 26.7 Å². The fourth-order valence-electron chi connectivity index (χ4n) is 2.19. The van der Waals surface area contributed by atoms with Crippen LogP contribution in [-0.2, 0) is 14.3 Å². The van der Waals surface area contributed by atoms with E-state index < -0.39 is 0 Å². The van der Waals surface area contributed by atoms with Gasteiger partial charge in [0.25, 0.3) is 0 Å². The van der Waals surface area contributed by atoms with Crippen molar-refractivity contribution in [2.24, 2.45) is 11.8 Å². The Balaban J connectivity index is 0.00000191. The van der Waals surface area contributed by atoms with E-state index in [-0.39, 0.29) is 30.3 Å². The third-order valence-electron chi connectivity index (χ3n) is 3.23. The molecule has 0 aromatic carbocycles. The summed E-state index contributed by atoms with van der Waals surface area (Å²) in [4.78, 5) is 27.0. The van der Waals surface area contributed by atoms with E-state index in [1.165, 1.54) is 0 Å². The molecule has 2 unspecified atom stereocenters. The van der Waals surface area contributed by atoms with E-state index in [0.29, 0.717) is 6.61 Å². The first kappa shape index (κ1) is 19.6. The van der Waals surface area contributed by atoms with Crippen molar-refractivity contribution in [1.29, 1.82) is 0 Å². The molecule has 0 spiro atoms. The summed E-state index contributed by atoms with van der Waals surface area (Å²) < 4.78 is 5.27. The molecule has 1 rings (SSSR count). The second-order valence-corrected chi connectivity index (χ2v) is 5.46. The number of ether oxygens (including phenoxy) is 1. The number of carbonyl (C=O) groups excluding carboxylic acids is 2. The highest BCUT2D eigenvalue weighted by Gasteiger charge is 2.30. The lowest BCUT2D eigenvalue weighted by molar-refractivity contribution is -0.148. The molecule has 0 radical (unpaired) electrons. The lowest BCUT2D eigenvalue weighted by atomic mass is 9.82. The fraction of sp³-hybridized carbons (Fsp3) is 0.750. The molecule has 0 N–H and O–H groups in total. The van der Waals surface area contributed by atoms with E-state index in [9.17, 15) is 9.59 Å². The lowest BCUT2D eigenvalue weighted by Gasteiger charge is -2.29. The minimum absolute atomic E-state index is 0.0767. The Bertz CT molecular complexity index is 351. The molecule has 0 saturated carbocycles. The minimum atomic E-state index is -0.240. The van der Waals surface area contributed by atoms with Crippen molar-refractivity contribution in [3.63, 3.8) is 0 Å². The average molecular weight is 298 g/mol. The van der Waals surface area contributed by atoms with Crippen LogP contribution in [0.3, 0.4) is 0 Å². The number of rotatable bonds is 5. The van der Waals surface area contributed by atoms with Crippen LogP contribution in [0.5, 0.6) is 0 Å². The number of allylic oxidation sites excluding steroid dienone is 2. The topological polar surface area (TPSA) is 49.9 Å². The average Bonchev–Trinajstić information content (AvgIpc) is 2.46. The smallest absolute Gasteiger partial charge is 0.320 e. The highest BCUT2D eigenvalue weighted by atomic mass is 16.5. The van der Waals surface area contributed by atoms with Gasteiger partial charge in [-0.05, 0) is 26.9 Å². The molecule has 0 aliphatic heterocycles. The zero-order valence-electron chi connectivity index (χ0n) is 14.3. The zero-order chi connectivity index (χ0) is 16.4. The first-order valence-electron chi connectivity index (χ1n) is 7.58. The van der Waals surface area contributed by atoms with Gasteiger partial charge in [-0.25, -0.2) is 0 Å². The number of carbonyl (C=O) groups is 2. The van der Waals surface area contributed by atoms with Crippen molar-refractivity contribution in [1.82, 2.24) is 9.80 Å². The third-order valence-corrected chi connectivity index (χ3v) is 3.23. The molecule has 1 amide bonds. The van der Waals surface area contributed by atoms with Crippen molar-refractivity contribution in [2.75, 3.05) is 41.3 Å². The van der Waals surface area contributed by atoms with E-state index in [0.717, 1.165) is 12.8 Å². The van der Waals surface area contributed by atoms with E-state index in [2.05, 4.69) is 6.08 Å². The fourth-order valence-corrected chi connectivity index (χ4v) is 2.19. The second-order valence-electron chi connectivity index (χ2n) is 5.46. The first-order valence-corrected chi connectivity index (χ1v) is 7.58. The number of esters is 1. The van der Waals surface area contributed by atoms with Gasteiger partial charge in [0.1, 0.15) is 0 Å². The van der Waals surface area contributed by atoms with Crippen molar-refractivity contribution in [3.05, 3.63) is 12.2 Å². The normalized spacial score (nSPS) is 20.5. The van der Waals surface area contributed by atoms with Gasteiger partial charge in [0.15, 0.2) is 0 Å². The molecular formula is C16H30N2O3. The minimum Gasteiger partial charge on any atom is -0.464 e. The number of hydrogen-bond donors (Lipinski definition) is 0. The molecule has 1 aliphatic rings. The largest absolute Gasteiger partial charge is 0.464 e. The first-order chi connectivity index (χ1) is 9.91. The van der Waals surface area contributed by atoms with Gasteiger partial charge in [-0.3, -0.25) is 14.5 Å². The monoisotopic (exact) mass is 298 g/mol. The summed E-state index contributed by atoms with van der Waals surface area (Å²) in [6.45, 7) is 4.59. The molecule has 1 aliphatic carbocycles. The van der Waals surface area contributed by atoms with E-state index in [1.807, 2.05) is 34.0 Å². The second kappa shape index (κ2) is 10.4. The summed E-state index contributed by atoms with van der Waals surface area (Å²) >= 11 is 0. The van der Waals surface area contributed by atoms with Gasteiger partial charge in [-0.2, -0.15) is 0 Å². The maximum Gasteiger partial charge on any atom is 0.320 e. The van der Waals surface area contributed by atoms with Gasteiger partial charge in [0.05, 0.1) is 13.2 Å². The van der Waals surface area contributed by atoms with Crippen LogP contribution in [0.2, 0.25) is 0 Å². The number of likely N-dealkylation sites (N-methyl/N-ethyl adjacent to an activating group) is 1. The lowest BCUT2D eigenvalue weighted by Crippen LogP contribution is -2.37. The van der Waals surface area contributed by atoms with Gasteiger partial charge < -0.3 is 9.64 Å². The Morgan fingerprint density at radius 2 is 1.67 bits per heavy atom. The van der Waals surface area contributed by atoms with Crippen LogP contribution in [0, 0.1) is 11.8 Å². The Hall–Kier alpha value is -1.36. The van der Waals surface area contributed by atoms with E-state index >= 15 is 0 Å². The summed E-state index contributed by atoms with van der Waals surface area (Å²) in [5, 5.41) is 0. The van der Waals surface area contributed by atoms with Crippen LogP contribution in [-0.4, -0.2) is 63.0 Å². The molecule has 5 nitrogen and oxygen atoms in total. The van der Waals surface area contributed by atoms with Crippen molar-refractivity contribution < 1.29 is 14.3 Å². The molecule has 122 valence electrons. The van der Waals surface area contributed by atoms with Crippen molar-refractivity contribution in [2.45, 2.75) is 26.7 Å². The van der Waals surface area contributed by atoms with Gasteiger partial charge in [-0.15, -0.1) is 0 Å². The van der Waals surface area contributed by atoms with Crippen LogP contribution in [0.4, 0.5) is 0 Å². The summed E-state index contributed by atoms with van der Waals surface area (Å²) in [7, 11) is 7.16. The van der Waals surface area contributed by atoms with Crippen molar-refractivity contribution in [3.8, 4) is 0 Å². The van der Waals surface area contributed by atoms with Crippen molar-refractivity contribution >= 4 is 11.9 Å². The van der Waals surface area contributed by atoms with E-state index in [1.54, 1.807) is 23.9 Å². The Morgan fingerprint density at radius 1 is 1.10 bits per heavy atom. The highest BCUT2D eigenvalue weighted by Crippen LogP contribution is 2.27. The Labute approximate surface area is 128 Å². The molecular weight excluding hydrogens is 268 g/mol. The van der Waals surface area contributed by atoms with Gasteiger partial charge in [-0.1, -0.05) is 26.0 Å². The molecule has 21 heavy (non-hydrogen) atoms. The van der Waals surface area contributed by atoms with Gasteiger partial charge in [0, 0.05) is 25.9 Å². The Morgan fingerprint density at radius 3 is 2.19 bits per heavy atom. The van der Waals surface area contributed by atoms with Crippen LogP contribution in [0.25, 0.3) is 0 Å². The van der Waals surface area contributed by atoms with Crippen LogP contribution < -0.4 is 0 Å². The summed E-state index contributed by atoms with van der Waals surface area (Å²) in [5.74, 6) is -0.119. The molecule has 0 saturated heterocycles. The maximum absolute atomic E-state index is 12.1. The third kappa shape index (κ3) is 7.27.